The van der Waals surface area contributed by atoms with E-state index in [9.17, 15) is 0 Å². The Labute approximate surface area is 131 Å². The van der Waals surface area contributed by atoms with Crippen LogP contribution in [0.3, 0.4) is 0 Å². The van der Waals surface area contributed by atoms with Gasteiger partial charge < -0.3 is 4.90 Å². The molecule has 0 N–H and O–H groups in total. The van der Waals surface area contributed by atoms with Crippen LogP contribution in [0.25, 0.3) is 0 Å². The molecule has 1 aromatic heterocycles. The molecule has 0 radical (unpaired) electrons. The molecule has 19 heavy (non-hydrogen) atoms. The van der Waals surface area contributed by atoms with Gasteiger partial charge in [-0.15, -0.1) is 0 Å². The van der Waals surface area contributed by atoms with Gasteiger partial charge in [0.05, 0.1) is 10.0 Å². The SMILES string of the molecule is Clc1cnc(N(CCBr)Cc2ccccc2)c(Cl)c1. The summed E-state index contributed by atoms with van der Waals surface area (Å²) in [5, 5.41) is 1.97. The number of hydrogen-bond donors (Lipinski definition) is 0. The Kier molecular flexibility index (Phi) is 5.49. The monoisotopic (exact) mass is 358 g/mol. The summed E-state index contributed by atoms with van der Waals surface area (Å²) in [4.78, 5) is 6.46. The molecule has 0 bridgehead atoms. The van der Waals surface area contributed by atoms with Crippen molar-refractivity contribution < 1.29 is 0 Å². The van der Waals surface area contributed by atoms with E-state index in [1.807, 2.05) is 18.2 Å². The number of alkyl halides is 1. The molecule has 0 saturated heterocycles. The Hall–Kier alpha value is -0.770. The third-order valence-corrected chi connectivity index (χ3v) is 3.50. The minimum Gasteiger partial charge on any atom is -0.350 e. The van der Waals surface area contributed by atoms with Gasteiger partial charge in [0.1, 0.15) is 5.82 Å². The maximum Gasteiger partial charge on any atom is 0.147 e. The molecule has 0 aliphatic carbocycles. The highest BCUT2D eigenvalue weighted by molar-refractivity contribution is 9.09. The van der Waals surface area contributed by atoms with Crippen molar-refractivity contribution in [3.8, 4) is 0 Å². The summed E-state index contributed by atoms with van der Waals surface area (Å²) in [6, 6.07) is 12.0. The van der Waals surface area contributed by atoms with E-state index in [1.54, 1.807) is 12.3 Å². The summed E-state index contributed by atoms with van der Waals surface area (Å²) < 4.78 is 0. The molecule has 0 atom stereocenters. The van der Waals surface area contributed by atoms with E-state index in [0.29, 0.717) is 10.0 Å². The van der Waals surface area contributed by atoms with Gasteiger partial charge in [0.15, 0.2) is 0 Å². The minimum absolute atomic E-state index is 0.548. The smallest absolute Gasteiger partial charge is 0.147 e. The van der Waals surface area contributed by atoms with Crippen LogP contribution in [-0.2, 0) is 6.54 Å². The van der Waals surface area contributed by atoms with Gasteiger partial charge in [0, 0.05) is 24.6 Å². The zero-order valence-electron chi connectivity index (χ0n) is 10.2. The summed E-state index contributed by atoms with van der Waals surface area (Å²) >= 11 is 15.6. The van der Waals surface area contributed by atoms with Crippen LogP contribution in [0.1, 0.15) is 5.56 Å². The van der Waals surface area contributed by atoms with Crippen LogP contribution in [0, 0.1) is 0 Å². The maximum atomic E-state index is 6.22. The van der Waals surface area contributed by atoms with E-state index in [0.717, 1.165) is 24.2 Å². The molecule has 0 amide bonds. The van der Waals surface area contributed by atoms with Crippen LogP contribution in [0.2, 0.25) is 10.0 Å². The molecule has 0 aliphatic rings. The van der Waals surface area contributed by atoms with Crippen LogP contribution >= 0.6 is 39.1 Å². The van der Waals surface area contributed by atoms with Crippen LogP contribution in [0.5, 0.6) is 0 Å². The fraction of sp³-hybridized carbons (Fsp3) is 0.214. The molecule has 2 nitrogen and oxygen atoms in total. The first-order chi connectivity index (χ1) is 9.20. The lowest BCUT2D eigenvalue weighted by Gasteiger charge is -2.24. The highest BCUT2D eigenvalue weighted by Gasteiger charge is 2.12. The van der Waals surface area contributed by atoms with Crippen molar-refractivity contribution >= 4 is 44.9 Å². The molecule has 0 fully saturated rings. The number of halogens is 3. The van der Waals surface area contributed by atoms with Crippen molar-refractivity contribution in [3.05, 3.63) is 58.2 Å². The van der Waals surface area contributed by atoms with E-state index in [-0.39, 0.29) is 0 Å². The lowest BCUT2D eigenvalue weighted by Crippen LogP contribution is -2.26. The second-order valence-electron chi connectivity index (χ2n) is 4.06. The second-order valence-corrected chi connectivity index (χ2v) is 5.69. The first-order valence-corrected chi connectivity index (χ1v) is 7.74. The molecule has 2 aromatic rings. The van der Waals surface area contributed by atoms with Crippen LogP contribution in [-0.4, -0.2) is 16.9 Å². The summed E-state index contributed by atoms with van der Waals surface area (Å²) in [6.45, 7) is 1.59. The van der Waals surface area contributed by atoms with Gasteiger partial charge in [0.2, 0.25) is 0 Å². The zero-order chi connectivity index (χ0) is 13.7. The standard InChI is InChI=1S/C14H13BrCl2N2/c15-6-7-19(10-11-4-2-1-3-5-11)14-13(17)8-12(16)9-18-14/h1-5,8-9H,6-7,10H2. The zero-order valence-corrected chi connectivity index (χ0v) is 13.3. The van der Waals surface area contributed by atoms with Crippen molar-refractivity contribution in [3.63, 3.8) is 0 Å². The lowest BCUT2D eigenvalue weighted by atomic mass is 10.2. The number of hydrogen-bond acceptors (Lipinski definition) is 2. The molecule has 1 aromatic carbocycles. The maximum absolute atomic E-state index is 6.22. The van der Waals surface area contributed by atoms with Crippen molar-refractivity contribution in [2.75, 3.05) is 16.8 Å². The Bertz CT molecular complexity index is 534. The third-order valence-electron chi connectivity index (χ3n) is 2.66. The second kappa shape index (κ2) is 7.13. The third kappa shape index (κ3) is 4.10. The molecule has 0 saturated carbocycles. The molecule has 5 heteroatoms. The van der Waals surface area contributed by atoms with E-state index in [1.165, 1.54) is 5.56 Å². The molecule has 100 valence electrons. The van der Waals surface area contributed by atoms with E-state index >= 15 is 0 Å². The summed E-state index contributed by atoms with van der Waals surface area (Å²) in [6.07, 6.45) is 1.62. The molecular formula is C14H13BrCl2N2. The molecule has 1 heterocycles. The molecular weight excluding hydrogens is 347 g/mol. The quantitative estimate of drug-likeness (QED) is 0.713. The van der Waals surface area contributed by atoms with Crippen molar-refractivity contribution in [2.45, 2.75) is 6.54 Å². The number of nitrogens with zero attached hydrogens (tertiary/aromatic N) is 2. The Morgan fingerprint density at radius 2 is 1.89 bits per heavy atom. The van der Waals surface area contributed by atoms with Gasteiger partial charge in [-0.3, -0.25) is 0 Å². The fourth-order valence-corrected chi connectivity index (χ4v) is 2.73. The Balaban J connectivity index is 2.24. The van der Waals surface area contributed by atoms with Gasteiger partial charge in [-0.1, -0.05) is 69.5 Å². The van der Waals surface area contributed by atoms with E-state index < -0.39 is 0 Å². The topological polar surface area (TPSA) is 16.1 Å². The van der Waals surface area contributed by atoms with Crippen LogP contribution in [0.4, 0.5) is 5.82 Å². The summed E-state index contributed by atoms with van der Waals surface area (Å²) in [7, 11) is 0. The number of benzene rings is 1. The molecule has 2 rings (SSSR count). The van der Waals surface area contributed by atoms with Gasteiger partial charge in [0.25, 0.3) is 0 Å². The Morgan fingerprint density at radius 1 is 1.16 bits per heavy atom. The predicted molar refractivity (Wildman–Crippen MR) is 85.5 cm³/mol. The summed E-state index contributed by atoms with van der Waals surface area (Å²) in [5.41, 5.74) is 1.22. The highest BCUT2D eigenvalue weighted by Crippen LogP contribution is 2.27. The highest BCUT2D eigenvalue weighted by atomic mass is 79.9. The molecule has 0 spiro atoms. The first kappa shape index (κ1) is 14.6. The van der Waals surface area contributed by atoms with Crippen molar-refractivity contribution in [1.29, 1.82) is 0 Å². The fourth-order valence-electron chi connectivity index (χ4n) is 1.81. The largest absolute Gasteiger partial charge is 0.350 e. The van der Waals surface area contributed by atoms with Crippen molar-refractivity contribution in [2.24, 2.45) is 0 Å². The van der Waals surface area contributed by atoms with Crippen LogP contribution < -0.4 is 4.90 Å². The van der Waals surface area contributed by atoms with Gasteiger partial charge in [-0.05, 0) is 11.6 Å². The number of pyridine rings is 1. The molecule has 0 unspecified atom stereocenters. The lowest BCUT2D eigenvalue weighted by molar-refractivity contribution is 0.821. The minimum atomic E-state index is 0.548. The van der Waals surface area contributed by atoms with Crippen molar-refractivity contribution in [1.82, 2.24) is 4.98 Å². The molecule has 0 aliphatic heterocycles. The average Bonchev–Trinajstić information content (AvgIpc) is 2.39. The Morgan fingerprint density at radius 3 is 2.53 bits per heavy atom. The van der Waals surface area contributed by atoms with E-state index in [2.05, 4.69) is 37.9 Å². The number of rotatable bonds is 5. The average molecular weight is 360 g/mol. The summed E-state index contributed by atoms with van der Waals surface area (Å²) in [5.74, 6) is 0.759. The normalized spacial score (nSPS) is 10.5. The van der Waals surface area contributed by atoms with Crippen LogP contribution in [0.15, 0.2) is 42.6 Å². The van der Waals surface area contributed by atoms with Gasteiger partial charge in [-0.25, -0.2) is 4.98 Å². The van der Waals surface area contributed by atoms with Gasteiger partial charge >= 0.3 is 0 Å². The predicted octanol–water partition coefficient (Wildman–Crippen LogP) is 4.79. The first-order valence-electron chi connectivity index (χ1n) is 5.86. The number of anilines is 1. The van der Waals surface area contributed by atoms with E-state index in [4.69, 9.17) is 23.2 Å². The number of aromatic nitrogens is 1. The van der Waals surface area contributed by atoms with Gasteiger partial charge in [-0.2, -0.15) is 0 Å².